The molecular formula is C15H28N4. The fourth-order valence-electron chi connectivity index (χ4n) is 3.62. The van der Waals surface area contributed by atoms with Gasteiger partial charge in [0, 0.05) is 12.1 Å². The zero-order valence-electron chi connectivity index (χ0n) is 12.7. The third kappa shape index (κ3) is 3.28. The average Bonchev–Trinajstić information content (AvgIpc) is 2.47. The van der Waals surface area contributed by atoms with Crippen LogP contribution in [0.1, 0.15) is 38.5 Å². The minimum absolute atomic E-state index is 0.260. The summed E-state index contributed by atoms with van der Waals surface area (Å²) < 4.78 is 0. The van der Waals surface area contributed by atoms with Crippen molar-refractivity contribution in [2.24, 2.45) is 0 Å². The highest BCUT2D eigenvalue weighted by Gasteiger charge is 2.36. The van der Waals surface area contributed by atoms with E-state index in [0.717, 1.165) is 31.7 Å². The lowest BCUT2D eigenvalue weighted by molar-refractivity contribution is 0.0767. The molecule has 2 fully saturated rings. The van der Waals surface area contributed by atoms with E-state index in [1.807, 2.05) is 7.05 Å². The molecule has 0 spiro atoms. The zero-order chi connectivity index (χ0) is 13.9. The smallest absolute Gasteiger partial charge is 0.106 e. The van der Waals surface area contributed by atoms with Crippen LogP contribution in [-0.4, -0.2) is 61.7 Å². The van der Waals surface area contributed by atoms with Crippen LogP contribution in [0.15, 0.2) is 0 Å². The van der Waals surface area contributed by atoms with Crippen LogP contribution in [-0.2, 0) is 0 Å². The summed E-state index contributed by atoms with van der Waals surface area (Å²) in [6.07, 6.45) is 6.86. The molecule has 0 aromatic rings. The molecule has 1 aliphatic carbocycles. The lowest BCUT2D eigenvalue weighted by Gasteiger charge is -2.43. The molecule has 0 unspecified atom stereocenters. The molecule has 1 N–H and O–H groups in total. The van der Waals surface area contributed by atoms with Crippen molar-refractivity contribution in [3.8, 4) is 6.07 Å². The maximum absolute atomic E-state index is 9.31. The minimum atomic E-state index is -0.260. The molecule has 2 aliphatic rings. The van der Waals surface area contributed by atoms with Crippen molar-refractivity contribution >= 4 is 0 Å². The topological polar surface area (TPSA) is 42.3 Å². The van der Waals surface area contributed by atoms with Crippen molar-refractivity contribution in [2.75, 3.05) is 34.2 Å². The first-order chi connectivity index (χ1) is 9.10. The third-order valence-corrected chi connectivity index (χ3v) is 5.34. The first kappa shape index (κ1) is 14.8. The number of nitrogens with zero attached hydrogens (tertiary/aromatic N) is 3. The Hall–Kier alpha value is -0.630. The van der Waals surface area contributed by atoms with Crippen molar-refractivity contribution in [2.45, 2.75) is 56.1 Å². The number of nitriles is 1. The molecule has 4 nitrogen and oxygen atoms in total. The second-order valence-electron chi connectivity index (χ2n) is 6.38. The van der Waals surface area contributed by atoms with E-state index in [2.05, 4.69) is 35.3 Å². The van der Waals surface area contributed by atoms with Gasteiger partial charge in [0.25, 0.3) is 0 Å². The number of hydrogen-bond donors (Lipinski definition) is 1. The van der Waals surface area contributed by atoms with Crippen molar-refractivity contribution < 1.29 is 0 Å². The van der Waals surface area contributed by atoms with Gasteiger partial charge in [0.15, 0.2) is 0 Å². The molecule has 0 aromatic carbocycles. The van der Waals surface area contributed by atoms with Gasteiger partial charge in [-0.2, -0.15) is 5.26 Å². The van der Waals surface area contributed by atoms with Crippen LogP contribution in [0.25, 0.3) is 0 Å². The number of nitrogens with one attached hydrogen (secondary N) is 1. The summed E-state index contributed by atoms with van der Waals surface area (Å²) in [7, 11) is 6.43. The van der Waals surface area contributed by atoms with Gasteiger partial charge in [-0.25, -0.2) is 0 Å². The second kappa shape index (κ2) is 6.21. The number of piperidine rings is 1. The van der Waals surface area contributed by atoms with Crippen molar-refractivity contribution in [3.05, 3.63) is 0 Å². The minimum Gasteiger partial charge on any atom is -0.306 e. The normalized spacial score (nSPS) is 34.4. The second-order valence-corrected chi connectivity index (χ2v) is 6.38. The van der Waals surface area contributed by atoms with Gasteiger partial charge >= 0.3 is 0 Å². The zero-order valence-corrected chi connectivity index (χ0v) is 12.7. The molecule has 1 aliphatic heterocycles. The van der Waals surface area contributed by atoms with Gasteiger partial charge in [-0.3, -0.25) is 0 Å². The lowest BCUT2D eigenvalue weighted by Crippen LogP contribution is -2.52. The third-order valence-electron chi connectivity index (χ3n) is 5.34. The summed E-state index contributed by atoms with van der Waals surface area (Å²) in [5.41, 5.74) is -0.260. The Morgan fingerprint density at radius 1 is 1.16 bits per heavy atom. The van der Waals surface area contributed by atoms with Crippen LogP contribution in [0.5, 0.6) is 0 Å². The molecule has 2 rings (SSSR count). The quantitative estimate of drug-likeness (QED) is 0.837. The summed E-state index contributed by atoms with van der Waals surface area (Å²) in [5.74, 6) is 0. The monoisotopic (exact) mass is 264 g/mol. The number of rotatable bonds is 3. The van der Waals surface area contributed by atoms with Crippen LogP contribution < -0.4 is 5.32 Å². The van der Waals surface area contributed by atoms with Gasteiger partial charge in [0.05, 0.1) is 6.07 Å². The summed E-state index contributed by atoms with van der Waals surface area (Å²) in [4.78, 5) is 5.02. The molecule has 1 heterocycles. The molecule has 4 heteroatoms. The molecule has 0 atom stereocenters. The van der Waals surface area contributed by atoms with Crippen molar-refractivity contribution in [3.63, 3.8) is 0 Å². The average molecular weight is 264 g/mol. The first-order valence-corrected chi connectivity index (χ1v) is 7.61. The van der Waals surface area contributed by atoms with Gasteiger partial charge in [-0.1, -0.05) is 0 Å². The van der Waals surface area contributed by atoms with E-state index in [9.17, 15) is 5.26 Å². The summed E-state index contributed by atoms with van der Waals surface area (Å²) >= 11 is 0. The fraction of sp³-hybridized carbons (Fsp3) is 0.933. The molecule has 0 amide bonds. The Morgan fingerprint density at radius 2 is 1.68 bits per heavy atom. The maximum atomic E-state index is 9.31. The molecule has 1 saturated heterocycles. The van der Waals surface area contributed by atoms with Gasteiger partial charge in [0.2, 0.25) is 0 Å². The molecular weight excluding hydrogens is 236 g/mol. The van der Waals surface area contributed by atoms with Gasteiger partial charge in [0.1, 0.15) is 5.54 Å². The van der Waals surface area contributed by atoms with E-state index in [4.69, 9.17) is 0 Å². The van der Waals surface area contributed by atoms with Gasteiger partial charge < -0.3 is 15.1 Å². The Bertz CT molecular complexity index is 320. The molecule has 1 saturated carbocycles. The Morgan fingerprint density at radius 3 is 2.16 bits per heavy atom. The van der Waals surface area contributed by atoms with Crippen molar-refractivity contribution in [1.29, 1.82) is 5.26 Å². The fourth-order valence-corrected chi connectivity index (χ4v) is 3.62. The first-order valence-electron chi connectivity index (χ1n) is 7.61. The molecule has 19 heavy (non-hydrogen) atoms. The van der Waals surface area contributed by atoms with E-state index in [-0.39, 0.29) is 5.54 Å². The van der Waals surface area contributed by atoms with E-state index in [1.54, 1.807) is 0 Å². The lowest BCUT2D eigenvalue weighted by atomic mass is 9.79. The van der Waals surface area contributed by atoms with Gasteiger partial charge in [-0.05, 0) is 72.8 Å². The molecule has 0 radical (unpaired) electrons. The SMILES string of the molecule is CNC1(C#N)CCC(N(C)C2CCN(C)CC2)CC1. The Balaban J connectivity index is 1.86. The molecule has 0 bridgehead atoms. The van der Waals surface area contributed by atoms with Crippen LogP contribution in [0, 0.1) is 11.3 Å². The van der Waals surface area contributed by atoms with Crippen LogP contribution in [0.3, 0.4) is 0 Å². The summed E-state index contributed by atoms with van der Waals surface area (Å²) in [5, 5.41) is 12.5. The highest BCUT2D eigenvalue weighted by molar-refractivity contribution is 5.09. The predicted molar refractivity (Wildman–Crippen MR) is 77.9 cm³/mol. The molecule has 0 aromatic heterocycles. The summed E-state index contributed by atoms with van der Waals surface area (Å²) in [6.45, 7) is 2.45. The van der Waals surface area contributed by atoms with Crippen molar-refractivity contribution in [1.82, 2.24) is 15.1 Å². The Labute approximate surface area is 117 Å². The number of hydrogen-bond acceptors (Lipinski definition) is 4. The van der Waals surface area contributed by atoms with E-state index >= 15 is 0 Å². The highest BCUT2D eigenvalue weighted by Crippen LogP contribution is 2.31. The maximum Gasteiger partial charge on any atom is 0.106 e. The van der Waals surface area contributed by atoms with Crippen LogP contribution in [0.2, 0.25) is 0 Å². The summed E-state index contributed by atoms with van der Waals surface area (Å²) in [6, 6.07) is 3.89. The van der Waals surface area contributed by atoms with Crippen LogP contribution in [0.4, 0.5) is 0 Å². The predicted octanol–water partition coefficient (Wildman–Crippen LogP) is 1.44. The standard InChI is InChI=1S/C15H28N4/c1-17-15(12-16)8-4-13(5-9-15)19(3)14-6-10-18(2)11-7-14/h13-14,17H,4-11H2,1-3H3. The number of likely N-dealkylation sites (tertiary alicyclic amines) is 1. The largest absolute Gasteiger partial charge is 0.306 e. The van der Waals surface area contributed by atoms with E-state index in [1.165, 1.54) is 25.9 Å². The molecule has 108 valence electrons. The van der Waals surface area contributed by atoms with Gasteiger partial charge in [-0.15, -0.1) is 0 Å². The Kier molecular flexibility index (Phi) is 4.83. The van der Waals surface area contributed by atoms with E-state index in [0.29, 0.717) is 6.04 Å². The van der Waals surface area contributed by atoms with E-state index < -0.39 is 0 Å². The highest BCUT2D eigenvalue weighted by atomic mass is 15.2. The van der Waals surface area contributed by atoms with Crippen LogP contribution >= 0.6 is 0 Å².